The van der Waals surface area contributed by atoms with Gasteiger partial charge >= 0.3 is 12.4 Å². The molecule has 0 unspecified atom stereocenters. The first kappa shape index (κ1) is 17.5. The summed E-state index contributed by atoms with van der Waals surface area (Å²) in [5.41, 5.74) is -4.58. The van der Waals surface area contributed by atoms with E-state index in [1.54, 1.807) is 30.3 Å². The Hall–Kier alpha value is -1.57. The highest BCUT2D eigenvalue weighted by Crippen LogP contribution is 2.45. The Balaban J connectivity index is 2.90. The van der Waals surface area contributed by atoms with Crippen molar-refractivity contribution in [2.45, 2.75) is 37.8 Å². The first-order valence-electron chi connectivity index (χ1n) is 5.87. The van der Waals surface area contributed by atoms with Crippen LogP contribution in [0.3, 0.4) is 0 Å². The number of hydrogen-bond acceptors (Lipinski definition) is 2. The van der Waals surface area contributed by atoms with Gasteiger partial charge in [0.1, 0.15) is 0 Å². The SMILES string of the molecule is CC(CC(O)(C(F)(F)F)C(F)(F)F)=NCc1ccccc1. The maximum absolute atomic E-state index is 12.5. The van der Waals surface area contributed by atoms with Gasteiger partial charge in [0.2, 0.25) is 0 Å². The van der Waals surface area contributed by atoms with Crippen LogP contribution in [0.25, 0.3) is 0 Å². The minimum atomic E-state index is -5.82. The van der Waals surface area contributed by atoms with Gasteiger partial charge in [-0.05, 0) is 12.5 Å². The number of alkyl halides is 6. The minimum Gasteiger partial charge on any atom is -0.373 e. The monoisotopic (exact) mass is 313 g/mol. The highest BCUT2D eigenvalue weighted by atomic mass is 19.4. The first-order valence-corrected chi connectivity index (χ1v) is 5.87. The zero-order valence-electron chi connectivity index (χ0n) is 11.0. The van der Waals surface area contributed by atoms with E-state index >= 15 is 0 Å². The van der Waals surface area contributed by atoms with E-state index in [1.807, 2.05) is 0 Å². The van der Waals surface area contributed by atoms with Crippen LogP contribution in [0.4, 0.5) is 26.3 Å². The fourth-order valence-electron chi connectivity index (χ4n) is 1.60. The van der Waals surface area contributed by atoms with Crippen LogP contribution in [0.5, 0.6) is 0 Å². The summed E-state index contributed by atoms with van der Waals surface area (Å²) in [6.07, 6.45) is -13.3. The van der Waals surface area contributed by atoms with Crippen molar-refractivity contribution in [2.75, 3.05) is 0 Å². The molecule has 0 fully saturated rings. The van der Waals surface area contributed by atoms with Crippen molar-refractivity contribution in [3.05, 3.63) is 35.9 Å². The van der Waals surface area contributed by atoms with Crippen molar-refractivity contribution in [1.29, 1.82) is 0 Å². The lowest BCUT2D eigenvalue weighted by Crippen LogP contribution is -2.57. The molecule has 118 valence electrons. The number of aliphatic hydroxyl groups is 1. The van der Waals surface area contributed by atoms with E-state index in [9.17, 15) is 26.3 Å². The van der Waals surface area contributed by atoms with Crippen LogP contribution in [-0.2, 0) is 6.54 Å². The van der Waals surface area contributed by atoms with Crippen molar-refractivity contribution in [2.24, 2.45) is 4.99 Å². The highest BCUT2D eigenvalue weighted by molar-refractivity contribution is 5.83. The van der Waals surface area contributed by atoms with E-state index < -0.39 is 30.1 Å². The molecular weight excluding hydrogens is 300 g/mol. The van der Waals surface area contributed by atoms with Crippen LogP contribution >= 0.6 is 0 Å². The standard InChI is InChI=1S/C13H13F6NO/c1-9(20-8-10-5-3-2-4-6-10)7-11(21,12(14,15)16)13(17,18)19/h2-6,21H,7-8H2,1H3. The van der Waals surface area contributed by atoms with Gasteiger partial charge < -0.3 is 5.11 Å². The Morgan fingerprint density at radius 1 is 1.00 bits per heavy atom. The topological polar surface area (TPSA) is 32.6 Å². The van der Waals surface area contributed by atoms with Crippen LogP contribution in [0.1, 0.15) is 18.9 Å². The molecule has 0 aliphatic heterocycles. The summed E-state index contributed by atoms with van der Waals surface area (Å²) in [6.45, 7) is 0.962. The maximum Gasteiger partial charge on any atom is 0.426 e. The summed E-state index contributed by atoms with van der Waals surface area (Å²) in [6, 6.07) is 8.32. The second-order valence-electron chi connectivity index (χ2n) is 4.57. The summed E-state index contributed by atoms with van der Waals surface area (Å²) in [5, 5.41) is 9.02. The Kier molecular flexibility index (Phi) is 5.03. The summed E-state index contributed by atoms with van der Waals surface area (Å²) >= 11 is 0. The summed E-state index contributed by atoms with van der Waals surface area (Å²) in [4.78, 5) is 3.66. The average Bonchev–Trinajstić information content (AvgIpc) is 2.35. The molecule has 0 aliphatic carbocycles. The van der Waals surface area contributed by atoms with E-state index in [0.29, 0.717) is 5.56 Å². The van der Waals surface area contributed by atoms with E-state index in [2.05, 4.69) is 4.99 Å². The number of hydrogen-bond donors (Lipinski definition) is 1. The molecule has 0 saturated heterocycles. The van der Waals surface area contributed by atoms with Crippen molar-refractivity contribution >= 4 is 5.71 Å². The quantitative estimate of drug-likeness (QED) is 0.664. The maximum atomic E-state index is 12.5. The molecule has 1 N–H and O–H groups in total. The predicted molar refractivity (Wildman–Crippen MR) is 64.9 cm³/mol. The van der Waals surface area contributed by atoms with Crippen molar-refractivity contribution in [3.63, 3.8) is 0 Å². The number of benzene rings is 1. The van der Waals surface area contributed by atoms with Gasteiger partial charge in [0.15, 0.2) is 0 Å². The molecule has 1 aromatic rings. The lowest BCUT2D eigenvalue weighted by Gasteiger charge is -2.32. The molecule has 0 spiro atoms. The molecule has 8 heteroatoms. The summed E-state index contributed by atoms with van der Waals surface area (Å²) in [5.74, 6) is 0. The second kappa shape index (κ2) is 6.05. The lowest BCUT2D eigenvalue weighted by atomic mass is 9.95. The van der Waals surface area contributed by atoms with Gasteiger partial charge in [-0.2, -0.15) is 26.3 Å². The molecule has 21 heavy (non-hydrogen) atoms. The number of rotatable bonds is 4. The van der Waals surface area contributed by atoms with Crippen LogP contribution in [0.15, 0.2) is 35.3 Å². The third kappa shape index (κ3) is 4.20. The molecule has 1 aromatic carbocycles. The highest BCUT2D eigenvalue weighted by Gasteiger charge is 2.70. The van der Waals surface area contributed by atoms with Crippen molar-refractivity contribution in [1.82, 2.24) is 0 Å². The Bertz CT molecular complexity index is 478. The van der Waals surface area contributed by atoms with E-state index in [4.69, 9.17) is 5.11 Å². The molecule has 0 heterocycles. The van der Waals surface area contributed by atoms with Gasteiger partial charge in [0.05, 0.1) is 6.54 Å². The Labute approximate surface area is 117 Å². The molecule has 0 aliphatic rings. The summed E-state index contributed by atoms with van der Waals surface area (Å²) < 4.78 is 75.0. The van der Waals surface area contributed by atoms with Crippen LogP contribution in [-0.4, -0.2) is 28.8 Å². The van der Waals surface area contributed by atoms with Gasteiger partial charge in [-0.15, -0.1) is 0 Å². The normalized spacial score (nSPS) is 14.4. The largest absolute Gasteiger partial charge is 0.426 e. The molecule has 1 rings (SSSR count). The first-order chi connectivity index (χ1) is 9.47. The molecule has 0 aromatic heterocycles. The molecule has 0 amide bonds. The fourth-order valence-corrected chi connectivity index (χ4v) is 1.60. The van der Waals surface area contributed by atoms with Gasteiger partial charge in [0, 0.05) is 12.1 Å². The van der Waals surface area contributed by atoms with Crippen LogP contribution in [0.2, 0.25) is 0 Å². The second-order valence-corrected chi connectivity index (χ2v) is 4.57. The summed E-state index contributed by atoms with van der Waals surface area (Å²) in [7, 11) is 0. The lowest BCUT2D eigenvalue weighted by molar-refractivity contribution is -0.365. The minimum absolute atomic E-state index is 0.0571. The van der Waals surface area contributed by atoms with Gasteiger partial charge in [-0.3, -0.25) is 4.99 Å². The smallest absolute Gasteiger partial charge is 0.373 e. The average molecular weight is 313 g/mol. The van der Waals surface area contributed by atoms with Crippen molar-refractivity contribution in [3.8, 4) is 0 Å². The van der Waals surface area contributed by atoms with Crippen LogP contribution in [0, 0.1) is 0 Å². The number of halogens is 6. The van der Waals surface area contributed by atoms with Gasteiger partial charge in [-0.1, -0.05) is 30.3 Å². The Morgan fingerprint density at radius 2 is 1.48 bits per heavy atom. The Morgan fingerprint density at radius 3 is 1.90 bits per heavy atom. The third-order valence-corrected chi connectivity index (χ3v) is 2.82. The molecular formula is C13H13F6NO. The number of nitrogens with zero attached hydrogens (tertiary/aromatic N) is 1. The molecule has 0 saturated carbocycles. The van der Waals surface area contributed by atoms with Gasteiger partial charge in [0.25, 0.3) is 5.60 Å². The number of aliphatic imine (C=N–C) groups is 1. The zero-order valence-corrected chi connectivity index (χ0v) is 11.0. The zero-order chi connectivity index (χ0) is 16.3. The fraction of sp³-hybridized carbons (Fsp3) is 0.462. The van der Waals surface area contributed by atoms with E-state index in [1.165, 1.54) is 0 Å². The molecule has 0 atom stereocenters. The molecule has 0 radical (unpaired) electrons. The third-order valence-electron chi connectivity index (χ3n) is 2.82. The van der Waals surface area contributed by atoms with Crippen LogP contribution < -0.4 is 0 Å². The van der Waals surface area contributed by atoms with E-state index in [-0.39, 0.29) is 6.54 Å². The molecule has 0 bridgehead atoms. The predicted octanol–water partition coefficient (Wildman–Crippen LogP) is 3.89. The van der Waals surface area contributed by atoms with Crippen molar-refractivity contribution < 1.29 is 31.4 Å². The van der Waals surface area contributed by atoms with E-state index in [0.717, 1.165) is 6.92 Å². The molecule has 2 nitrogen and oxygen atoms in total. The van der Waals surface area contributed by atoms with Gasteiger partial charge in [-0.25, -0.2) is 0 Å².